The molecule has 0 bridgehead atoms. The average Bonchev–Trinajstić information content (AvgIpc) is 3.49. The van der Waals surface area contributed by atoms with Gasteiger partial charge in [-0.2, -0.15) is 9.97 Å². The van der Waals surface area contributed by atoms with Crippen LogP contribution in [0.3, 0.4) is 0 Å². The second kappa shape index (κ2) is 11.9. The van der Waals surface area contributed by atoms with Gasteiger partial charge >= 0.3 is 0 Å². The third kappa shape index (κ3) is 6.01. The van der Waals surface area contributed by atoms with Gasteiger partial charge in [-0.3, -0.25) is 4.90 Å². The van der Waals surface area contributed by atoms with Crippen LogP contribution in [0.4, 0.5) is 33.2 Å². The van der Waals surface area contributed by atoms with E-state index in [-0.39, 0.29) is 11.9 Å². The van der Waals surface area contributed by atoms with Gasteiger partial charge in [-0.1, -0.05) is 12.1 Å². The number of hydrogen-bond donors (Lipinski definition) is 3. The van der Waals surface area contributed by atoms with Crippen LogP contribution in [0.25, 0.3) is 11.0 Å². The quantitative estimate of drug-likeness (QED) is 0.225. The van der Waals surface area contributed by atoms with E-state index in [0.29, 0.717) is 53.2 Å². The first-order valence-electron chi connectivity index (χ1n) is 15.9. The van der Waals surface area contributed by atoms with Crippen LogP contribution < -0.4 is 25.6 Å². The highest BCUT2D eigenvalue weighted by molar-refractivity contribution is 7.70. The van der Waals surface area contributed by atoms with E-state index in [4.69, 9.17) is 9.72 Å². The Morgan fingerprint density at radius 2 is 1.82 bits per heavy atom. The van der Waals surface area contributed by atoms with Gasteiger partial charge in [0.1, 0.15) is 36.7 Å². The van der Waals surface area contributed by atoms with Gasteiger partial charge in [0.15, 0.2) is 5.82 Å². The number of benzene rings is 2. The zero-order valence-electron chi connectivity index (χ0n) is 26.4. The van der Waals surface area contributed by atoms with Crippen LogP contribution in [0.15, 0.2) is 48.7 Å². The molecule has 1 atom stereocenters. The van der Waals surface area contributed by atoms with Crippen LogP contribution >= 0.6 is 7.14 Å². The lowest BCUT2D eigenvalue weighted by atomic mass is 9.99. The van der Waals surface area contributed by atoms with Gasteiger partial charge in [0.05, 0.1) is 17.1 Å². The third-order valence-corrected chi connectivity index (χ3v) is 11.0. The fraction of sp³-hybridized carbons (Fsp3) is 0.455. The number of nitrogens with one attached hydrogen (secondary N) is 3. The monoisotopic (exact) mass is 632 g/mol. The van der Waals surface area contributed by atoms with Gasteiger partial charge in [-0.05, 0) is 77.4 Å². The minimum atomic E-state index is -2.54. The molecule has 0 saturated carbocycles. The zero-order valence-corrected chi connectivity index (χ0v) is 27.3. The Hall–Kier alpha value is -3.66. The molecule has 7 rings (SSSR count). The Morgan fingerprint density at radius 3 is 2.60 bits per heavy atom. The lowest BCUT2D eigenvalue weighted by molar-refractivity contribution is 0.0689. The molecule has 0 unspecified atom stereocenters. The number of aromatic nitrogens is 3. The van der Waals surface area contributed by atoms with Crippen molar-refractivity contribution in [2.45, 2.75) is 44.8 Å². The molecule has 0 aliphatic carbocycles. The molecule has 2 saturated heterocycles. The van der Waals surface area contributed by atoms with Gasteiger partial charge < -0.3 is 34.7 Å². The molecule has 10 nitrogen and oxygen atoms in total. The van der Waals surface area contributed by atoms with Crippen molar-refractivity contribution in [2.75, 3.05) is 68.2 Å². The summed E-state index contributed by atoms with van der Waals surface area (Å²) in [4.78, 5) is 19.9. The summed E-state index contributed by atoms with van der Waals surface area (Å²) >= 11 is 0. The van der Waals surface area contributed by atoms with E-state index in [1.54, 1.807) is 19.5 Å². The van der Waals surface area contributed by atoms with Crippen molar-refractivity contribution in [3.05, 3.63) is 54.5 Å². The van der Waals surface area contributed by atoms with Crippen molar-refractivity contribution >= 4 is 52.3 Å². The maximum atomic E-state index is 15.8. The van der Waals surface area contributed by atoms with E-state index in [1.165, 1.54) is 18.9 Å². The fourth-order valence-electron chi connectivity index (χ4n) is 7.03. The standard InChI is InChI=1S/C33H42FN8O2P/c1-21(2)40-13-10-23(11-14-40)41-15-16-42-24(19-41)20-44-28-18-22(17-26(34)30(28)42)36-33-38-31-25(9-12-35-31)32(39-33)37-27-7-5-6-8-29(27)45(3,4)43/h5-9,12,17-18,21,23-24H,10-11,13-16,19-20H2,1-4H3,(H3,35,36,37,38,39)/t24-/m1/s1. The van der Waals surface area contributed by atoms with Gasteiger partial charge in [0, 0.05) is 55.0 Å². The summed E-state index contributed by atoms with van der Waals surface area (Å²) in [5.74, 6) is 1.05. The van der Waals surface area contributed by atoms with Crippen LogP contribution in [0.5, 0.6) is 5.75 Å². The van der Waals surface area contributed by atoms with Crippen LogP contribution in [0.2, 0.25) is 0 Å². The molecule has 3 aliphatic rings. The Kier molecular flexibility index (Phi) is 7.96. The van der Waals surface area contributed by atoms with E-state index < -0.39 is 7.14 Å². The number of para-hydroxylation sites is 1. The molecule has 3 aliphatic heterocycles. The summed E-state index contributed by atoms with van der Waals surface area (Å²) < 4.78 is 35.0. The SMILES string of the molecule is CC(C)N1CCC(N2CCN3c4c(F)cc(Nc5nc(Nc6ccccc6P(C)(C)=O)c6cc[nH]c6n5)cc4OC[C@H]3C2)CC1. The molecule has 2 fully saturated rings. The highest BCUT2D eigenvalue weighted by Gasteiger charge is 2.38. The van der Waals surface area contributed by atoms with Gasteiger partial charge in [-0.15, -0.1) is 0 Å². The predicted octanol–water partition coefficient (Wildman–Crippen LogP) is 5.59. The Morgan fingerprint density at radius 1 is 1.02 bits per heavy atom. The number of halogens is 1. The molecule has 5 heterocycles. The van der Waals surface area contributed by atoms with Gasteiger partial charge in [0.25, 0.3) is 0 Å². The van der Waals surface area contributed by atoms with E-state index in [9.17, 15) is 4.57 Å². The summed E-state index contributed by atoms with van der Waals surface area (Å²) in [7, 11) is -2.54. The summed E-state index contributed by atoms with van der Waals surface area (Å²) in [5, 5.41) is 8.09. The summed E-state index contributed by atoms with van der Waals surface area (Å²) in [6.07, 6.45) is 4.16. The molecule has 0 radical (unpaired) electrons. The number of likely N-dealkylation sites (tertiary alicyclic amines) is 1. The van der Waals surface area contributed by atoms with Crippen LogP contribution in [-0.4, -0.2) is 95.5 Å². The van der Waals surface area contributed by atoms with Crippen LogP contribution in [0.1, 0.15) is 26.7 Å². The normalized spacial score (nSPS) is 19.8. The summed E-state index contributed by atoms with van der Waals surface area (Å²) in [6.45, 7) is 13.4. The van der Waals surface area contributed by atoms with Crippen molar-refractivity contribution in [3.63, 3.8) is 0 Å². The number of H-pyrrole nitrogens is 1. The topological polar surface area (TPSA) is 102 Å². The number of hydrogen-bond acceptors (Lipinski definition) is 9. The number of fused-ring (bicyclic) bond motifs is 4. The minimum absolute atomic E-state index is 0.124. The number of nitrogens with zero attached hydrogens (tertiary/aromatic N) is 5. The second-order valence-electron chi connectivity index (χ2n) is 13.1. The fourth-order valence-corrected chi connectivity index (χ4v) is 8.19. The molecule has 4 aromatic rings. The molecular weight excluding hydrogens is 590 g/mol. The Labute approximate surface area is 263 Å². The first kappa shape index (κ1) is 30.0. The predicted molar refractivity (Wildman–Crippen MR) is 180 cm³/mol. The highest BCUT2D eigenvalue weighted by atomic mass is 31.2. The molecule has 2 aromatic carbocycles. The van der Waals surface area contributed by atoms with E-state index in [2.05, 4.69) is 49.1 Å². The largest absolute Gasteiger partial charge is 0.489 e. The zero-order chi connectivity index (χ0) is 31.3. The lowest BCUT2D eigenvalue weighted by Gasteiger charge is -2.49. The van der Waals surface area contributed by atoms with E-state index in [1.807, 2.05) is 36.4 Å². The van der Waals surface area contributed by atoms with Crippen LogP contribution in [0, 0.1) is 5.82 Å². The second-order valence-corrected chi connectivity index (χ2v) is 16.3. The third-order valence-electron chi connectivity index (χ3n) is 9.42. The summed E-state index contributed by atoms with van der Waals surface area (Å²) in [5.41, 5.74) is 2.38. The molecule has 45 heavy (non-hydrogen) atoms. The smallest absolute Gasteiger partial charge is 0.231 e. The molecule has 3 N–H and O–H groups in total. The summed E-state index contributed by atoms with van der Waals surface area (Å²) in [6, 6.07) is 14.0. The van der Waals surface area contributed by atoms with E-state index in [0.717, 1.165) is 49.1 Å². The molecule has 2 aromatic heterocycles. The lowest BCUT2D eigenvalue weighted by Crippen LogP contribution is -2.60. The number of ether oxygens (including phenoxy) is 1. The number of piperazine rings is 1. The molecule has 0 spiro atoms. The molecular formula is C33H42FN8O2P. The highest BCUT2D eigenvalue weighted by Crippen LogP contribution is 2.41. The first-order valence-corrected chi connectivity index (χ1v) is 18.5. The number of piperidine rings is 1. The Balaban J connectivity index is 1.09. The minimum Gasteiger partial charge on any atom is -0.489 e. The van der Waals surface area contributed by atoms with Gasteiger partial charge in [0.2, 0.25) is 5.95 Å². The number of anilines is 5. The molecule has 12 heteroatoms. The van der Waals surface area contributed by atoms with Crippen LogP contribution in [-0.2, 0) is 4.57 Å². The van der Waals surface area contributed by atoms with E-state index >= 15 is 4.39 Å². The molecule has 0 amide bonds. The Bertz CT molecular complexity index is 1750. The maximum absolute atomic E-state index is 15.8. The van der Waals surface area contributed by atoms with Crippen molar-refractivity contribution < 1.29 is 13.7 Å². The number of aromatic amines is 1. The van der Waals surface area contributed by atoms with Gasteiger partial charge in [-0.25, -0.2) is 4.39 Å². The van der Waals surface area contributed by atoms with Crippen molar-refractivity contribution in [1.82, 2.24) is 24.8 Å². The van der Waals surface area contributed by atoms with Crippen molar-refractivity contribution in [2.24, 2.45) is 0 Å². The molecule has 238 valence electrons. The van der Waals surface area contributed by atoms with Crippen molar-refractivity contribution in [3.8, 4) is 5.75 Å². The maximum Gasteiger partial charge on any atom is 0.231 e. The average molecular weight is 633 g/mol. The number of rotatable bonds is 7. The first-order chi connectivity index (χ1) is 21.6. The van der Waals surface area contributed by atoms with Crippen molar-refractivity contribution in [1.29, 1.82) is 0 Å².